The van der Waals surface area contributed by atoms with Gasteiger partial charge in [0.25, 0.3) is 0 Å². The summed E-state index contributed by atoms with van der Waals surface area (Å²) in [6, 6.07) is 23.6. The van der Waals surface area contributed by atoms with Gasteiger partial charge in [0.15, 0.2) is 11.0 Å². The molecule has 1 aliphatic rings. The van der Waals surface area contributed by atoms with E-state index in [1.54, 1.807) is 22.8 Å². The van der Waals surface area contributed by atoms with Crippen LogP contribution in [0.1, 0.15) is 18.0 Å². The van der Waals surface area contributed by atoms with Crippen molar-refractivity contribution >= 4 is 17.7 Å². The van der Waals surface area contributed by atoms with Crippen molar-refractivity contribution in [2.75, 3.05) is 12.4 Å². The maximum absolute atomic E-state index is 14.5. The van der Waals surface area contributed by atoms with E-state index in [4.69, 9.17) is 4.74 Å². The lowest BCUT2D eigenvalue weighted by molar-refractivity contribution is -0.119. The molecule has 0 bridgehead atoms. The molecular formula is C25H21FN4O2S. The minimum absolute atomic E-state index is 0.0935. The molecule has 1 unspecified atom stereocenters. The van der Waals surface area contributed by atoms with Crippen LogP contribution in [0, 0.1) is 5.82 Å². The molecule has 0 saturated heterocycles. The van der Waals surface area contributed by atoms with E-state index in [0.717, 1.165) is 17.0 Å². The number of fused-ring (bicyclic) bond motifs is 1. The number of thioether (sulfide) groups is 1. The molecule has 1 aromatic heterocycles. The SMILES string of the molecule is O=C(CSc1nnc(-c2ccccc2F)n1-c1ccccc1)NC1CCOc2ccccc21. The van der Waals surface area contributed by atoms with Crippen LogP contribution in [0.2, 0.25) is 0 Å². The zero-order valence-corrected chi connectivity index (χ0v) is 18.5. The van der Waals surface area contributed by atoms with Crippen molar-refractivity contribution in [3.05, 3.63) is 90.2 Å². The first-order valence-electron chi connectivity index (χ1n) is 10.6. The number of nitrogens with zero attached hydrogens (tertiary/aromatic N) is 3. The van der Waals surface area contributed by atoms with E-state index in [9.17, 15) is 9.18 Å². The molecule has 33 heavy (non-hydrogen) atoms. The summed E-state index contributed by atoms with van der Waals surface area (Å²) in [4.78, 5) is 12.8. The largest absolute Gasteiger partial charge is 0.493 e. The summed E-state index contributed by atoms with van der Waals surface area (Å²) in [6.07, 6.45) is 0.713. The standard InChI is InChI=1S/C25H21FN4O2S/c26-20-12-6-4-10-18(20)24-28-29-25(30(24)17-8-2-1-3-9-17)33-16-23(31)27-21-14-15-32-22-13-7-5-11-19(21)22/h1-13,21H,14-16H2,(H,27,31). The zero-order chi connectivity index (χ0) is 22.6. The van der Waals surface area contributed by atoms with Crippen LogP contribution in [-0.2, 0) is 4.79 Å². The number of hydrogen-bond acceptors (Lipinski definition) is 5. The van der Waals surface area contributed by atoms with E-state index < -0.39 is 0 Å². The van der Waals surface area contributed by atoms with Crippen molar-refractivity contribution in [2.24, 2.45) is 0 Å². The Hall–Kier alpha value is -3.65. The number of para-hydroxylation sites is 2. The Morgan fingerprint density at radius 2 is 1.79 bits per heavy atom. The molecule has 3 aromatic carbocycles. The number of benzene rings is 3. The van der Waals surface area contributed by atoms with Gasteiger partial charge in [0.1, 0.15) is 11.6 Å². The van der Waals surface area contributed by atoms with Crippen LogP contribution in [0.25, 0.3) is 17.1 Å². The van der Waals surface area contributed by atoms with Crippen molar-refractivity contribution in [1.29, 1.82) is 0 Å². The molecule has 1 N–H and O–H groups in total. The number of rotatable bonds is 6. The van der Waals surface area contributed by atoms with Gasteiger partial charge in [0.05, 0.1) is 24.0 Å². The Labute approximate surface area is 194 Å². The Morgan fingerprint density at radius 1 is 1.03 bits per heavy atom. The van der Waals surface area contributed by atoms with Gasteiger partial charge in [-0.2, -0.15) is 0 Å². The third-order valence-electron chi connectivity index (χ3n) is 5.39. The molecule has 0 spiro atoms. The first-order valence-corrected chi connectivity index (χ1v) is 11.6. The molecule has 1 atom stereocenters. The van der Waals surface area contributed by atoms with Gasteiger partial charge in [0, 0.05) is 17.7 Å². The van der Waals surface area contributed by atoms with Gasteiger partial charge in [-0.1, -0.05) is 60.3 Å². The number of nitrogens with one attached hydrogen (secondary N) is 1. The number of amides is 1. The second-order valence-electron chi connectivity index (χ2n) is 7.54. The summed E-state index contributed by atoms with van der Waals surface area (Å²) in [5.74, 6) is 0.855. The predicted octanol–water partition coefficient (Wildman–Crippen LogP) is 4.81. The number of carbonyl (C=O) groups is 1. The predicted molar refractivity (Wildman–Crippen MR) is 125 cm³/mol. The smallest absolute Gasteiger partial charge is 0.230 e. The van der Waals surface area contributed by atoms with E-state index in [-0.39, 0.29) is 23.5 Å². The fourth-order valence-corrected chi connectivity index (χ4v) is 4.61. The number of hydrogen-bond donors (Lipinski definition) is 1. The fourth-order valence-electron chi connectivity index (χ4n) is 3.85. The number of halogens is 1. The Morgan fingerprint density at radius 3 is 2.64 bits per heavy atom. The third-order valence-corrected chi connectivity index (χ3v) is 6.32. The summed E-state index contributed by atoms with van der Waals surface area (Å²) in [5, 5.41) is 12.1. The summed E-state index contributed by atoms with van der Waals surface area (Å²) in [5.41, 5.74) is 2.13. The second kappa shape index (κ2) is 9.46. The highest BCUT2D eigenvalue weighted by molar-refractivity contribution is 7.99. The van der Waals surface area contributed by atoms with Gasteiger partial charge in [-0.05, 0) is 30.3 Å². The molecule has 8 heteroatoms. The van der Waals surface area contributed by atoms with Crippen molar-refractivity contribution in [2.45, 2.75) is 17.6 Å². The van der Waals surface area contributed by atoms with E-state index >= 15 is 0 Å². The normalized spacial score (nSPS) is 14.9. The molecule has 0 saturated carbocycles. The van der Waals surface area contributed by atoms with Crippen LogP contribution in [0.15, 0.2) is 84.0 Å². The van der Waals surface area contributed by atoms with Gasteiger partial charge in [-0.3, -0.25) is 9.36 Å². The lowest BCUT2D eigenvalue weighted by atomic mass is 10.0. The van der Waals surface area contributed by atoms with Gasteiger partial charge >= 0.3 is 0 Å². The van der Waals surface area contributed by atoms with Crippen molar-refractivity contribution < 1.29 is 13.9 Å². The highest BCUT2D eigenvalue weighted by Gasteiger charge is 2.24. The molecule has 166 valence electrons. The van der Waals surface area contributed by atoms with Crippen LogP contribution in [0.3, 0.4) is 0 Å². The maximum Gasteiger partial charge on any atom is 0.230 e. The quantitative estimate of drug-likeness (QED) is 0.419. The van der Waals surface area contributed by atoms with Crippen LogP contribution >= 0.6 is 11.8 Å². The minimum atomic E-state index is -0.380. The molecule has 0 fully saturated rings. The lowest BCUT2D eigenvalue weighted by Gasteiger charge is -2.26. The van der Waals surface area contributed by atoms with E-state index in [1.165, 1.54) is 17.8 Å². The molecule has 6 nitrogen and oxygen atoms in total. The first-order chi connectivity index (χ1) is 16.2. The molecule has 1 aliphatic heterocycles. The summed E-state index contributed by atoms with van der Waals surface area (Å²) in [7, 11) is 0. The van der Waals surface area contributed by atoms with Crippen molar-refractivity contribution in [1.82, 2.24) is 20.1 Å². The zero-order valence-electron chi connectivity index (χ0n) is 17.6. The number of carbonyl (C=O) groups excluding carboxylic acids is 1. The van der Waals surface area contributed by atoms with E-state index in [1.807, 2.05) is 54.6 Å². The van der Waals surface area contributed by atoms with E-state index in [2.05, 4.69) is 15.5 Å². The van der Waals surface area contributed by atoms with Crippen molar-refractivity contribution in [3.8, 4) is 22.8 Å². The highest BCUT2D eigenvalue weighted by Crippen LogP contribution is 2.32. The molecule has 0 radical (unpaired) electrons. The van der Waals surface area contributed by atoms with Crippen LogP contribution in [-0.4, -0.2) is 33.0 Å². The topological polar surface area (TPSA) is 69.0 Å². The lowest BCUT2D eigenvalue weighted by Crippen LogP contribution is -2.33. The molecular weight excluding hydrogens is 439 g/mol. The van der Waals surface area contributed by atoms with Crippen LogP contribution in [0.4, 0.5) is 4.39 Å². The molecule has 4 aromatic rings. The summed E-state index contributed by atoms with van der Waals surface area (Å²) in [6.45, 7) is 0.559. The van der Waals surface area contributed by atoms with Gasteiger partial charge in [-0.25, -0.2) is 4.39 Å². The maximum atomic E-state index is 14.5. The van der Waals surface area contributed by atoms with Crippen LogP contribution in [0.5, 0.6) is 5.75 Å². The van der Waals surface area contributed by atoms with Crippen LogP contribution < -0.4 is 10.1 Å². The monoisotopic (exact) mass is 460 g/mol. The second-order valence-corrected chi connectivity index (χ2v) is 8.48. The van der Waals surface area contributed by atoms with E-state index in [0.29, 0.717) is 29.6 Å². The minimum Gasteiger partial charge on any atom is -0.493 e. The van der Waals surface area contributed by atoms with Gasteiger partial charge in [0.2, 0.25) is 5.91 Å². The molecule has 0 aliphatic carbocycles. The van der Waals surface area contributed by atoms with Crippen molar-refractivity contribution in [3.63, 3.8) is 0 Å². The number of ether oxygens (including phenoxy) is 1. The Kier molecular flexibility index (Phi) is 6.08. The summed E-state index contributed by atoms with van der Waals surface area (Å²) < 4.78 is 22.0. The average Bonchev–Trinajstić information content (AvgIpc) is 3.27. The third kappa shape index (κ3) is 4.47. The summed E-state index contributed by atoms with van der Waals surface area (Å²) >= 11 is 1.26. The van der Waals surface area contributed by atoms with Gasteiger partial charge in [-0.15, -0.1) is 10.2 Å². The fraction of sp³-hybridized carbons (Fsp3) is 0.160. The Balaban J connectivity index is 1.37. The molecule has 5 rings (SSSR count). The first kappa shape index (κ1) is 21.2. The molecule has 2 heterocycles. The average molecular weight is 461 g/mol. The Bertz CT molecular complexity index is 1280. The molecule has 1 amide bonds. The number of aromatic nitrogens is 3. The van der Waals surface area contributed by atoms with Gasteiger partial charge < -0.3 is 10.1 Å². The highest BCUT2D eigenvalue weighted by atomic mass is 32.2.